The molecule has 0 bridgehead atoms. The lowest BCUT2D eigenvalue weighted by atomic mass is 10.00. The van der Waals surface area contributed by atoms with Gasteiger partial charge in [0.1, 0.15) is 18.1 Å². The molecular weight excluding hydrogens is 462 g/mol. The first-order chi connectivity index (χ1) is 17.9. The fraction of sp³-hybridized carbons (Fsp3) is 0.367. The van der Waals surface area contributed by atoms with Crippen molar-refractivity contribution in [2.24, 2.45) is 0 Å². The number of benzene rings is 2. The molecule has 2 aromatic carbocycles. The molecule has 0 unspecified atom stereocenters. The number of pyridine rings is 1. The number of ether oxygens (including phenoxy) is 1. The molecule has 5 rings (SSSR count). The van der Waals surface area contributed by atoms with Crippen LogP contribution in [0.1, 0.15) is 54.2 Å². The molecule has 1 fully saturated rings. The van der Waals surface area contributed by atoms with Crippen LogP contribution in [-0.4, -0.2) is 51.8 Å². The van der Waals surface area contributed by atoms with Crippen LogP contribution in [0.25, 0.3) is 22.3 Å². The number of fused-ring (bicyclic) bond motifs is 1. The van der Waals surface area contributed by atoms with Gasteiger partial charge in [-0.05, 0) is 88.7 Å². The molecule has 0 saturated carbocycles. The molecule has 7 heteroatoms. The monoisotopic (exact) mass is 497 g/mol. The smallest absolute Gasteiger partial charge is 0.252 e. The molecule has 3 heterocycles. The summed E-state index contributed by atoms with van der Waals surface area (Å²) in [5.74, 6) is 0.609. The number of amides is 1. The molecule has 0 radical (unpaired) electrons. The third-order valence-electron chi connectivity index (χ3n) is 7.36. The van der Waals surface area contributed by atoms with Crippen LogP contribution in [0.2, 0.25) is 0 Å². The minimum atomic E-state index is -0.233. The summed E-state index contributed by atoms with van der Waals surface area (Å²) in [4.78, 5) is 20.6. The molecule has 0 spiro atoms. The van der Waals surface area contributed by atoms with Crippen LogP contribution in [0.5, 0.6) is 5.75 Å². The summed E-state index contributed by atoms with van der Waals surface area (Å²) >= 11 is 0. The maximum atomic E-state index is 13.4. The lowest BCUT2D eigenvalue weighted by Crippen LogP contribution is -2.30. The quantitative estimate of drug-likeness (QED) is 0.353. The maximum Gasteiger partial charge on any atom is 0.252 e. The number of para-hydroxylation sites is 1. The first kappa shape index (κ1) is 25.0. The molecule has 1 saturated heterocycles. The second-order valence-electron chi connectivity index (χ2n) is 9.93. The minimum absolute atomic E-state index is 0.119. The Bertz CT molecular complexity index is 1410. The van der Waals surface area contributed by atoms with Gasteiger partial charge in [0.15, 0.2) is 0 Å². The third-order valence-corrected chi connectivity index (χ3v) is 7.36. The van der Waals surface area contributed by atoms with E-state index >= 15 is 0 Å². The predicted octanol–water partition coefficient (Wildman–Crippen LogP) is 5.39. The number of nitrogens with one attached hydrogen (secondary N) is 1. The van der Waals surface area contributed by atoms with Crippen LogP contribution in [-0.2, 0) is 6.54 Å². The van der Waals surface area contributed by atoms with Crippen LogP contribution >= 0.6 is 0 Å². The highest BCUT2D eigenvalue weighted by Crippen LogP contribution is 2.29. The number of aromatic nitrogens is 3. The largest absolute Gasteiger partial charge is 0.492 e. The van der Waals surface area contributed by atoms with Gasteiger partial charge in [-0.15, -0.1) is 0 Å². The predicted molar refractivity (Wildman–Crippen MR) is 147 cm³/mol. The maximum absolute atomic E-state index is 13.4. The number of hydrogen-bond donors (Lipinski definition) is 1. The number of hydrogen-bond acceptors (Lipinski definition) is 5. The number of carbonyl (C=O) groups is 1. The molecule has 1 N–H and O–H groups in total. The fourth-order valence-corrected chi connectivity index (χ4v) is 5.04. The summed E-state index contributed by atoms with van der Waals surface area (Å²) < 4.78 is 7.98. The summed E-state index contributed by atoms with van der Waals surface area (Å²) in [6.45, 7) is 8.57. The van der Waals surface area contributed by atoms with Gasteiger partial charge >= 0.3 is 0 Å². The molecule has 37 heavy (non-hydrogen) atoms. The number of nitrogens with zero attached hydrogens (tertiary/aromatic N) is 4. The zero-order valence-electron chi connectivity index (χ0n) is 22.1. The van der Waals surface area contributed by atoms with Crippen molar-refractivity contribution in [1.29, 1.82) is 0 Å². The summed E-state index contributed by atoms with van der Waals surface area (Å²) in [6.07, 6.45) is 4.31. The Balaban J connectivity index is 1.38. The van der Waals surface area contributed by atoms with E-state index in [0.717, 1.165) is 58.7 Å². The van der Waals surface area contributed by atoms with Crippen molar-refractivity contribution in [3.8, 4) is 17.1 Å². The van der Waals surface area contributed by atoms with E-state index in [-0.39, 0.29) is 11.9 Å². The summed E-state index contributed by atoms with van der Waals surface area (Å²) in [5, 5.41) is 8.87. The van der Waals surface area contributed by atoms with E-state index in [4.69, 9.17) is 9.72 Å². The molecule has 1 aliphatic heterocycles. The standard InChI is InChI=1S/C30H35N5O2/c1-5-35-16-14-28(33-35)29-18-26(24-10-6-7-11-27(24)32-29)21(3)31-30(36)25-17-23(13-12-20(25)2)37-19-22-9-8-15-34(22)4/h6-7,10-14,16-18,21-22H,5,8-9,15,19H2,1-4H3,(H,31,36)/t21-,22+/m1/s1. The second-order valence-corrected chi connectivity index (χ2v) is 9.93. The highest BCUT2D eigenvalue weighted by molar-refractivity contribution is 5.96. The van der Waals surface area contributed by atoms with Gasteiger partial charge in [-0.3, -0.25) is 9.48 Å². The molecule has 2 atom stereocenters. The van der Waals surface area contributed by atoms with Crippen LogP contribution in [0.3, 0.4) is 0 Å². The third kappa shape index (κ3) is 5.37. The topological polar surface area (TPSA) is 72.3 Å². The molecule has 0 aliphatic carbocycles. The van der Waals surface area contributed by atoms with E-state index in [1.165, 1.54) is 6.42 Å². The molecular formula is C30H35N5O2. The van der Waals surface area contributed by atoms with Crippen LogP contribution in [0.15, 0.2) is 60.8 Å². The minimum Gasteiger partial charge on any atom is -0.492 e. The first-order valence-electron chi connectivity index (χ1n) is 13.1. The zero-order chi connectivity index (χ0) is 25.9. The van der Waals surface area contributed by atoms with Crippen molar-refractivity contribution in [2.75, 3.05) is 20.2 Å². The number of rotatable bonds is 8. The van der Waals surface area contributed by atoms with Gasteiger partial charge in [-0.2, -0.15) is 5.10 Å². The van der Waals surface area contributed by atoms with Gasteiger partial charge in [-0.1, -0.05) is 24.3 Å². The average molecular weight is 498 g/mol. The van der Waals surface area contributed by atoms with Crippen LogP contribution in [0, 0.1) is 6.92 Å². The summed E-state index contributed by atoms with van der Waals surface area (Å²) in [5.41, 5.74) is 5.05. The first-order valence-corrected chi connectivity index (χ1v) is 13.1. The van der Waals surface area contributed by atoms with Gasteiger partial charge in [0.25, 0.3) is 5.91 Å². The molecule has 7 nitrogen and oxygen atoms in total. The van der Waals surface area contributed by atoms with E-state index in [0.29, 0.717) is 18.2 Å². The highest BCUT2D eigenvalue weighted by Gasteiger charge is 2.22. The zero-order valence-corrected chi connectivity index (χ0v) is 22.1. The average Bonchev–Trinajstić information content (AvgIpc) is 3.56. The number of aryl methyl sites for hydroxylation is 2. The molecule has 192 valence electrons. The Kier molecular flexibility index (Phi) is 7.24. The van der Waals surface area contributed by atoms with E-state index in [1.807, 2.05) is 73.3 Å². The Morgan fingerprint density at radius 2 is 2.00 bits per heavy atom. The van der Waals surface area contributed by atoms with Crippen molar-refractivity contribution < 1.29 is 9.53 Å². The Morgan fingerprint density at radius 3 is 2.76 bits per heavy atom. The lowest BCUT2D eigenvalue weighted by Gasteiger charge is -2.21. The van der Waals surface area contributed by atoms with Gasteiger partial charge in [0.2, 0.25) is 0 Å². The van der Waals surface area contributed by atoms with Crippen LogP contribution < -0.4 is 10.1 Å². The number of likely N-dealkylation sites (tertiary alicyclic amines) is 1. The van der Waals surface area contributed by atoms with Crippen molar-refractivity contribution in [2.45, 2.75) is 52.2 Å². The number of carbonyl (C=O) groups excluding carboxylic acids is 1. The van der Waals surface area contributed by atoms with E-state index in [2.05, 4.69) is 35.4 Å². The van der Waals surface area contributed by atoms with Gasteiger partial charge in [0, 0.05) is 29.7 Å². The SMILES string of the molecule is CCn1ccc(-c2cc([C@@H](C)NC(=O)c3cc(OC[C@@H]4CCCN4C)ccc3C)c3ccccc3n2)n1. The Labute approximate surface area is 218 Å². The van der Waals surface area contributed by atoms with Gasteiger partial charge in [0.05, 0.1) is 17.3 Å². The van der Waals surface area contributed by atoms with Crippen molar-refractivity contribution in [3.05, 3.63) is 77.5 Å². The van der Waals surface area contributed by atoms with E-state index in [9.17, 15) is 4.79 Å². The van der Waals surface area contributed by atoms with Crippen molar-refractivity contribution in [1.82, 2.24) is 25.0 Å². The van der Waals surface area contributed by atoms with E-state index in [1.54, 1.807) is 0 Å². The van der Waals surface area contributed by atoms with Crippen molar-refractivity contribution in [3.63, 3.8) is 0 Å². The van der Waals surface area contributed by atoms with Crippen LogP contribution in [0.4, 0.5) is 0 Å². The normalized spacial score (nSPS) is 16.7. The fourth-order valence-electron chi connectivity index (χ4n) is 5.04. The number of likely N-dealkylation sites (N-methyl/N-ethyl adjacent to an activating group) is 1. The Hall–Kier alpha value is -3.71. The van der Waals surface area contributed by atoms with Crippen molar-refractivity contribution >= 4 is 16.8 Å². The van der Waals surface area contributed by atoms with Gasteiger partial charge < -0.3 is 15.0 Å². The van der Waals surface area contributed by atoms with E-state index < -0.39 is 0 Å². The Morgan fingerprint density at radius 1 is 1.16 bits per heavy atom. The molecule has 1 aliphatic rings. The molecule has 1 amide bonds. The summed E-state index contributed by atoms with van der Waals surface area (Å²) in [6, 6.07) is 18.0. The molecule has 2 aromatic heterocycles. The second kappa shape index (κ2) is 10.7. The highest BCUT2D eigenvalue weighted by atomic mass is 16.5. The lowest BCUT2D eigenvalue weighted by molar-refractivity contribution is 0.0939. The molecule has 4 aromatic rings. The summed E-state index contributed by atoms with van der Waals surface area (Å²) in [7, 11) is 2.14. The van der Waals surface area contributed by atoms with Gasteiger partial charge in [-0.25, -0.2) is 4.98 Å².